The molecule has 2 N–H and O–H groups in total. The van der Waals surface area contributed by atoms with E-state index in [2.05, 4.69) is 23.8 Å². The van der Waals surface area contributed by atoms with E-state index in [1.165, 1.54) is 37.5 Å². The van der Waals surface area contributed by atoms with Gasteiger partial charge in [0.15, 0.2) is 5.69 Å². The molecule has 0 saturated heterocycles. The monoisotopic (exact) mass is 592 g/mol. The van der Waals surface area contributed by atoms with Crippen LogP contribution in [-0.2, 0) is 14.3 Å². The van der Waals surface area contributed by atoms with Crippen LogP contribution in [0.15, 0.2) is 10.8 Å². The molecule has 40 heavy (non-hydrogen) atoms. The Hall–Kier alpha value is -1.96. The van der Waals surface area contributed by atoms with Crippen molar-refractivity contribution >= 4 is 55.8 Å². The quantitative estimate of drug-likeness (QED) is 0.170. The van der Waals surface area contributed by atoms with Crippen LogP contribution in [0.5, 0.6) is 0 Å². The second-order valence-electron chi connectivity index (χ2n) is 10.1. The molecule has 0 fully saturated rings. The molecule has 0 aliphatic rings. The standard InChI is InChI=1S/C14H22BN2O4S.C12H20BN2O2S/c1-5-21-14(20)10-7-22-13(16-10)12(19)6-11(9(2)3)17(4)15-8-18;1-8(2)10(15(4)13-7-16)5-11(17)12-14-9(3)6-18-12/h7-9,11-12,19H,5-6H2,1-4H3;6-8,10-11,17H,5H2,1-4H3/t11-,12-;10-,11-/m00/s1. The van der Waals surface area contributed by atoms with Crippen LogP contribution in [0.1, 0.15) is 85.9 Å². The lowest BCUT2D eigenvalue weighted by molar-refractivity contribution is 0.0519. The van der Waals surface area contributed by atoms with Crippen LogP contribution in [0.3, 0.4) is 0 Å². The number of aromatic nitrogens is 2. The first-order valence-corrected chi connectivity index (χ1v) is 15.0. The van der Waals surface area contributed by atoms with E-state index in [1.807, 2.05) is 38.0 Å². The summed E-state index contributed by atoms with van der Waals surface area (Å²) in [6.45, 7) is 12.2. The third-order valence-electron chi connectivity index (χ3n) is 6.32. The van der Waals surface area contributed by atoms with Gasteiger partial charge < -0.3 is 34.2 Å². The predicted octanol–water partition coefficient (Wildman–Crippen LogP) is 3.15. The Morgan fingerprint density at radius 3 is 1.75 bits per heavy atom. The summed E-state index contributed by atoms with van der Waals surface area (Å²) in [5.74, 6) is 0.117. The summed E-state index contributed by atoms with van der Waals surface area (Å²) < 4.78 is 4.88. The first-order chi connectivity index (χ1) is 18.9. The SMILES string of the molecule is CCOC(=O)c1csc([C@@H](O)C[C@@H](C(C)C)N(C)[B]C=O)n1.Cc1csc([C@@H](O)C[C@@H](C(C)C)N(C)[B]C=O)n1. The Morgan fingerprint density at radius 2 is 1.38 bits per heavy atom. The Balaban J connectivity index is 0.000000408. The van der Waals surface area contributed by atoms with E-state index in [1.54, 1.807) is 24.2 Å². The van der Waals surface area contributed by atoms with Crippen LogP contribution in [0.4, 0.5) is 0 Å². The number of hydrogen-bond acceptors (Lipinski definition) is 12. The van der Waals surface area contributed by atoms with Crippen molar-refractivity contribution in [1.82, 2.24) is 19.6 Å². The highest BCUT2D eigenvalue weighted by molar-refractivity contribution is 7.10. The minimum Gasteiger partial charge on any atom is -0.461 e. The molecule has 10 nitrogen and oxygen atoms in total. The fourth-order valence-electron chi connectivity index (χ4n) is 4.15. The minimum atomic E-state index is -0.789. The molecule has 0 saturated carbocycles. The summed E-state index contributed by atoms with van der Waals surface area (Å²) in [5.41, 5.74) is 1.15. The van der Waals surface area contributed by atoms with Crippen LogP contribution in [0.25, 0.3) is 0 Å². The average molecular weight is 592 g/mol. The number of hydrogen-bond donors (Lipinski definition) is 2. The highest BCUT2D eigenvalue weighted by Crippen LogP contribution is 2.27. The summed E-state index contributed by atoms with van der Waals surface area (Å²) in [6, 6.07) is 0.115. The smallest absolute Gasteiger partial charge is 0.357 e. The number of rotatable bonds is 16. The number of thiazole rings is 2. The maximum atomic E-state index is 11.6. The van der Waals surface area contributed by atoms with Gasteiger partial charge in [-0.05, 0) is 52.6 Å². The number of aryl methyl sites for hydroxylation is 1. The van der Waals surface area contributed by atoms with Crippen molar-refractivity contribution < 1.29 is 29.3 Å². The Labute approximate surface area is 247 Å². The van der Waals surface area contributed by atoms with Crippen molar-refractivity contribution in [3.63, 3.8) is 0 Å². The Morgan fingerprint density at radius 1 is 0.925 bits per heavy atom. The van der Waals surface area contributed by atoms with Gasteiger partial charge in [-0.3, -0.25) is 0 Å². The zero-order valence-electron chi connectivity index (χ0n) is 24.7. The number of esters is 1. The zero-order valence-corrected chi connectivity index (χ0v) is 26.3. The lowest BCUT2D eigenvalue weighted by Crippen LogP contribution is -2.40. The maximum absolute atomic E-state index is 11.6. The molecule has 0 bridgehead atoms. The number of carbonyl (C=O) groups excluding carboxylic acids is 3. The second kappa shape index (κ2) is 18.5. The van der Waals surface area contributed by atoms with Gasteiger partial charge in [-0.1, -0.05) is 27.7 Å². The predicted molar refractivity (Wildman–Crippen MR) is 162 cm³/mol. The van der Waals surface area contributed by atoms with Crippen molar-refractivity contribution in [3.8, 4) is 0 Å². The number of ether oxygens (including phenoxy) is 1. The van der Waals surface area contributed by atoms with Gasteiger partial charge in [0.05, 0.1) is 19.0 Å². The van der Waals surface area contributed by atoms with E-state index in [0.29, 0.717) is 23.8 Å². The third kappa shape index (κ3) is 11.9. The van der Waals surface area contributed by atoms with E-state index < -0.39 is 18.2 Å². The summed E-state index contributed by atoms with van der Waals surface area (Å²) in [4.78, 5) is 44.8. The molecule has 0 amide bonds. The van der Waals surface area contributed by atoms with E-state index in [-0.39, 0.29) is 30.3 Å². The van der Waals surface area contributed by atoms with E-state index in [9.17, 15) is 24.6 Å². The second-order valence-corrected chi connectivity index (χ2v) is 11.9. The van der Waals surface area contributed by atoms with Crippen LogP contribution < -0.4 is 0 Å². The molecular weight excluding hydrogens is 550 g/mol. The molecule has 2 aromatic rings. The molecule has 2 rings (SSSR count). The van der Waals surface area contributed by atoms with Gasteiger partial charge in [-0.15, -0.1) is 22.7 Å². The van der Waals surface area contributed by atoms with E-state index in [4.69, 9.17) is 4.74 Å². The number of aliphatic hydroxyl groups is 2. The molecule has 0 unspecified atom stereocenters. The molecule has 220 valence electrons. The van der Waals surface area contributed by atoms with Crippen molar-refractivity contribution in [2.75, 3.05) is 20.7 Å². The maximum Gasteiger partial charge on any atom is 0.357 e. The fourth-order valence-corrected chi connectivity index (χ4v) is 5.73. The summed E-state index contributed by atoms with van der Waals surface area (Å²) in [5, 5.41) is 25.3. The summed E-state index contributed by atoms with van der Waals surface area (Å²) in [6.07, 6.45) is 1.14. The Kier molecular flexibility index (Phi) is 16.7. The zero-order chi connectivity index (χ0) is 30.4. The average Bonchev–Trinajstić information content (AvgIpc) is 3.56. The molecule has 2 radical (unpaired) electrons. The molecule has 2 heterocycles. The van der Waals surface area contributed by atoms with Crippen molar-refractivity contribution in [2.45, 2.75) is 78.7 Å². The Bertz CT molecular complexity index is 1040. The topological polar surface area (TPSA) is 133 Å². The lowest BCUT2D eigenvalue weighted by Gasteiger charge is -2.31. The number of carbonyl (C=O) groups is 3. The summed E-state index contributed by atoms with van der Waals surface area (Å²) >= 11 is 2.71. The van der Waals surface area contributed by atoms with E-state index in [0.717, 1.165) is 23.1 Å². The molecule has 0 aliphatic carbocycles. The van der Waals surface area contributed by atoms with Gasteiger partial charge in [-0.25, -0.2) is 14.8 Å². The van der Waals surface area contributed by atoms with Crippen LogP contribution in [0.2, 0.25) is 0 Å². The van der Waals surface area contributed by atoms with Gasteiger partial charge >= 0.3 is 5.97 Å². The van der Waals surface area contributed by atoms with Gasteiger partial charge in [0.25, 0.3) is 14.8 Å². The van der Waals surface area contributed by atoms with Crippen LogP contribution in [-0.4, -0.2) is 95.8 Å². The molecule has 2 aromatic heterocycles. The van der Waals surface area contributed by atoms with Gasteiger partial charge in [0.2, 0.25) is 0 Å². The molecule has 0 aliphatic heterocycles. The minimum absolute atomic E-state index is 0.00450. The number of aliphatic hydroxyl groups excluding tert-OH is 2. The molecule has 4 atom stereocenters. The van der Waals surface area contributed by atoms with Gasteiger partial charge in [0.1, 0.15) is 22.2 Å². The number of nitrogens with zero attached hydrogens (tertiary/aromatic N) is 4. The third-order valence-corrected chi connectivity index (χ3v) is 8.33. The highest BCUT2D eigenvalue weighted by atomic mass is 32.1. The van der Waals surface area contributed by atoms with Crippen LogP contribution in [0, 0.1) is 18.8 Å². The molecule has 14 heteroatoms. The molecule has 0 aromatic carbocycles. The van der Waals surface area contributed by atoms with Crippen molar-refractivity contribution in [2.24, 2.45) is 11.8 Å². The van der Waals surface area contributed by atoms with Gasteiger partial charge in [-0.2, -0.15) is 0 Å². The summed E-state index contributed by atoms with van der Waals surface area (Å²) in [7, 11) is 6.62. The van der Waals surface area contributed by atoms with Crippen molar-refractivity contribution in [1.29, 1.82) is 0 Å². The van der Waals surface area contributed by atoms with Gasteiger partial charge in [0, 0.05) is 28.5 Å². The van der Waals surface area contributed by atoms with Crippen molar-refractivity contribution in [3.05, 3.63) is 32.2 Å². The highest BCUT2D eigenvalue weighted by Gasteiger charge is 2.26. The first kappa shape index (κ1) is 36.1. The fraction of sp³-hybridized carbons (Fsp3) is 0.654. The normalized spacial score (nSPS) is 14.3. The molecular formula is C26H42B2N4O6S2. The van der Waals surface area contributed by atoms with Crippen LogP contribution >= 0.6 is 22.7 Å². The first-order valence-electron chi connectivity index (χ1n) is 13.3. The largest absolute Gasteiger partial charge is 0.461 e. The lowest BCUT2D eigenvalue weighted by atomic mass is 9.86. The molecule has 0 spiro atoms. The van der Waals surface area contributed by atoms with E-state index >= 15 is 0 Å².